The fourth-order valence-corrected chi connectivity index (χ4v) is 3.53. The third-order valence-corrected chi connectivity index (χ3v) is 4.91. The van der Waals surface area contributed by atoms with Gasteiger partial charge in [-0.15, -0.1) is 11.3 Å². The third kappa shape index (κ3) is 3.18. The number of thiazole rings is 1. The molecule has 0 aliphatic heterocycles. The van der Waals surface area contributed by atoms with Crippen molar-refractivity contribution in [3.8, 4) is 11.3 Å². The monoisotopic (exact) mass is 381 g/mol. The third-order valence-electron chi connectivity index (χ3n) is 3.07. The van der Waals surface area contributed by atoms with Crippen molar-refractivity contribution < 1.29 is 4.39 Å². The first-order valence-electron chi connectivity index (χ1n) is 6.27. The molecule has 0 N–H and O–H groups in total. The van der Waals surface area contributed by atoms with Crippen LogP contribution in [-0.2, 0) is 6.42 Å². The molecule has 0 aliphatic rings. The molecule has 0 saturated carbocycles. The van der Waals surface area contributed by atoms with Crippen LogP contribution in [0.25, 0.3) is 11.3 Å². The molecule has 1 aromatic heterocycles. The van der Waals surface area contributed by atoms with E-state index in [1.807, 2.05) is 29.6 Å². The van der Waals surface area contributed by atoms with Crippen molar-refractivity contribution in [3.05, 3.63) is 73.7 Å². The van der Waals surface area contributed by atoms with Crippen LogP contribution < -0.4 is 0 Å². The summed E-state index contributed by atoms with van der Waals surface area (Å²) in [6.07, 6.45) is 0.446. The van der Waals surface area contributed by atoms with Crippen molar-refractivity contribution in [1.82, 2.24) is 4.98 Å². The largest absolute Gasteiger partial charge is 0.241 e. The Morgan fingerprint density at radius 3 is 2.76 bits per heavy atom. The minimum Gasteiger partial charge on any atom is -0.241 e. The van der Waals surface area contributed by atoms with E-state index >= 15 is 0 Å². The topological polar surface area (TPSA) is 12.9 Å². The van der Waals surface area contributed by atoms with Gasteiger partial charge in [0.25, 0.3) is 0 Å². The van der Waals surface area contributed by atoms with Gasteiger partial charge < -0.3 is 0 Å². The molecule has 106 valence electrons. The minimum absolute atomic E-state index is 0.148. The van der Waals surface area contributed by atoms with E-state index in [1.54, 1.807) is 18.2 Å². The Morgan fingerprint density at radius 1 is 1.14 bits per heavy atom. The molecule has 2 aromatic carbocycles. The van der Waals surface area contributed by atoms with Crippen molar-refractivity contribution >= 4 is 38.9 Å². The molecule has 0 bridgehead atoms. The lowest BCUT2D eigenvalue weighted by atomic mass is 10.1. The van der Waals surface area contributed by atoms with Gasteiger partial charge in [-0.1, -0.05) is 57.9 Å². The zero-order valence-corrected chi connectivity index (χ0v) is 14.0. The molecule has 0 saturated heterocycles. The van der Waals surface area contributed by atoms with Crippen LogP contribution in [0.1, 0.15) is 10.6 Å². The predicted octanol–water partition coefficient (Wildman–Crippen LogP) is 5.96. The summed E-state index contributed by atoms with van der Waals surface area (Å²) in [6, 6.07) is 12.9. The van der Waals surface area contributed by atoms with E-state index < -0.39 is 0 Å². The van der Waals surface area contributed by atoms with Crippen LogP contribution in [0.2, 0.25) is 5.02 Å². The zero-order chi connectivity index (χ0) is 14.8. The summed E-state index contributed by atoms with van der Waals surface area (Å²) in [5.41, 5.74) is 2.49. The summed E-state index contributed by atoms with van der Waals surface area (Å²) in [5, 5.41) is 3.00. The molecule has 0 spiro atoms. The maximum Gasteiger partial charge on any atom is 0.145 e. The normalized spacial score (nSPS) is 10.8. The Morgan fingerprint density at radius 2 is 1.95 bits per heavy atom. The van der Waals surface area contributed by atoms with Crippen LogP contribution in [0.4, 0.5) is 4.39 Å². The van der Waals surface area contributed by atoms with Crippen LogP contribution in [0.5, 0.6) is 0 Å². The highest BCUT2D eigenvalue weighted by Gasteiger charge is 2.11. The molecule has 0 unspecified atom stereocenters. The second-order valence-electron chi connectivity index (χ2n) is 4.50. The smallest absolute Gasteiger partial charge is 0.145 e. The highest BCUT2D eigenvalue weighted by atomic mass is 79.9. The van der Waals surface area contributed by atoms with Crippen molar-refractivity contribution in [1.29, 1.82) is 0 Å². The number of hydrogen-bond donors (Lipinski definition) is 0. The molecule has 0 amide bonds. The summed E-state index contributed by atoms with van der Waals surface area (Å²) in [4.78, 5) is 4.59. The van der Waals surface area contributed by atoms with Crippen molar-refractivity contribution in [2.75, 3.05) is 0 Å². The zero-order valence-electron chi connectivity index (χ0n) is 10.8. The summed E-state index contributed by atoms with van der Waals surface area (Å²) >= 11 is 10.8. The highest BCUT2D eigenvalue weighted by Crippen LogP contribution is 2.30. The van der Waals surface area contributed by atoms with E-state index in [0.29, 0.717) is 12.0 Å². The standard InChI is InChI=1S/C16H10BrClFNS/c17-12-6-2-1-5-11(12)14-9-21-15(20-14)8-10-4-3-7-13(18)16(10)19/h1-7,9H,8H2. The molecule has 0 aliphatic carbocycles. The molecule has 5 heteroatoms. The minimum atomic E-state index is -0.364. The van der Waals surface area contributed by atoms with Gasteiger partial charge in [-0.05, 0) is 17.7 Å². The molecule has 0 radical (unpaired) electrons. The van der Waals surface area contributed by atoms with E-state index in [1.165, 1.54) is 11.3 Å². The number of halogens is 3. The van der Waals surface area contributed by atoms with Crippen LogP contribution >= 0.6 is 38.9 Å². The summed E-state index contributed by atoms with van der Waals surface area (Å²) in [6.45, 7) is 0. The summed E-state index contributed by atoms with van der Waals surface area (Å²) in [5.74, 6) is -0.364. The molecular formula is C16H10BrClFNS. The Bertz CT molecular complexity index is 787. The maximum atomic E-state index is 13.9. The Hall–Kier alpha value is -1.23. The number of hydrogen-bond acceptors (Lipinski definition) is 2. The van der Waals surface area contributed by atoms with Gasteiger partial charge in [0.2, 0.25) is 0 Å². The Labute approximate surface area is 139 Å². The van der Waals surface area contributed by atoms with Gasteiger partial charge in [-0.2, -0.15) is 0 Å². The average molecular weight is 383 g/mol. The number of aromatic nitrogens is 1. The molecule has 21 heavy (non-hydrogen) atoms. The fraction of sp³-hybridized carbons (Fsp3) is 0.0625. The number of rotatable bonds is 3. The van der Waals surface area contributed by atoms with E-state index in [9.17, 15) is 4.39 Å². The predicted molar refractivity (Wildman–Crippen MR) is 89.5 cm³/mol. The first-order valence-corrected chi connectivity index (χ1v) is 8.32. The summed E-state index contributed by atoms with van der Waals surface area (Å²) < 4.78 is 14.9. The van der Waals surface area contributed by atoms with Crippen molar-refractivity contribution in [2.45, 2.75) is 6.42 Å². The van der Waals surface area contributed by atoms with E-state index in [-0.39, 0.29) is 10.8 Å². The van der Waals surface area contributed by atoms with E-state index in [0.717, 1.165) is 20.7 Å². The van der Waals surface area contributed by atoms with Gasteiger partial charge in [0.1, 0.15) is 5.82 Å². The lowest BCUT2D eigenvalue weighted by Crippen LogP contribution is -1.93. The molecule has 0 atom stereocenters. The van der Waals surface area contributed by atoms with Gasteiger partial charge >= 0.3 is 0 Å². The molecule has 0 fully saturated rings. The van der Waals surface area contributed by atoms with Gasteiger partial charge in [0.05, 0.1) is 15.7 Å². The molecular weight excluding hydrogens is 373 g/mol. The van der Waals surface area contributed by atoms with Gasteiger partial charge in [0.15, 0.2) is 0 Å². The van der Waals surface area contributed by atoms with Gasteiger partial charge in [-0.25, -0.2) is 9.37 Å². The van der Waals surface area contributed by atoms with Gasteiger partial charge in [0, 0.05) is 21.8 Å². The Kier molecular flexibility index (Phi) is 4.38. The first kappa shape index (κ1) is 14.7. The van der Waals surface area contributed by atoms with Crippen LogP contribution in [0.3, 0.4) is 0 Å². The SMILES string of the molecule is Fc1c(Cl)cccc1Cc1nc(-c2ccccc2Br)cs1. The Balaban J connectivity index is 1.89. The maximum absolute atomic E-state index is 13.9. The van der Waals surface area contributed by atoms with Crippen LogP contribution in [0, 0.1) is 5.82 Å². The van der Waals surface area contributed by atoms with E-state index in [4.69, 9.17) is 11.6 Å². The first-order chi connectivity index (χ1) is 10.1. The average Bonchev–Trinajstić information content (AvgIpc) is 2.93. The highest BCUT2D eigenvalue weighted by molar-refractivity contribution is 9.10. The second kappa shape index (κ2) is 6.26. The summed E-state index contributed by atoms with van der Waals surface area (Å²) in [7, 11) is 0. The molecule has 3 aromatic rings. The quantitative estimate of drug-likeness (QED) is 0.545. The number of benzene rings is 2. The fourth-order valence-electron chi connectivity index (χ4n) is 2.03. The lowest BCUT2D eigenvalue weighted by Gasteiger charge is -2.02. The van der Waals surface area contributed by atoms with Crippen LogP contribution in [-0.4, -0.2) is 4.98 Å². The van der Waals surface area contributed by atoms with Crippen molar-refractivity contribution in [3.63, 3.8) is 0 Å². The molecule has 3 rings (SSSR count). The lowest BCUT2D eigenvalue weighted by molar-refractivity contribution is 0.614. The van der Waals surface area contributed by atoms with Gasteiger partial charge in [-0.3, -0.25) is 0 Å². The van der Waals surface area contributed by atoms with Crippen molar-refractivity contribution in [2.24, 2.45) is 0 Å². The molecule has 1 nitrogen and oxygen atoms in total. The number of nitrogens with zero attached hydrogens (tertiary/aromatic N) is 1. The van der Waals surface area contributed by atoms with Crippen LogP contribution in [0.15, 0.2) is 52.3 Å². The van der Waals surface area contributed by atoms with E-state index in [2.05, 4.69) is 20.9 Å². The second-order valence-corrected chi connectivity index (χ2v) is 6.70. The molecule has 1 heterocycles.